The number of rotatable bonds is 5. The standard InChI is InChI=1S/C23H29FN2S/c1-3-19-9-7-8-17(2)22(19)25-23(27)26(21-10-5-4-6-11-21)16-18-12-14-20(24)15-13-18/h7-9,12-15,21H,3-6,10-11,16H2,1-2H3,(H,25,27). The third-order valence-electron chi connectivity index (χ3n) is 5.51. The van der Waals surface area contributed by atoms with Crippen LogP contribution in [0.4, 0.5) is 10.1 Å². The summed E-state index contributed by atoms with van der Waals surface area (Å²) in [6.45, 7) is 5.00. The van der Waals surface area contributed by atoms with Gasteiger partial charge in [0.1, 0.15) is 5.82 Å². The Morgan fingerprint density at radius 1 is 1.11 bits per heavy atom. The highest BCUT2D eigenvalue weighted by molar-refractivity contribution is 7.80. The van der Waals surface area contributed by atoms with E-state index in [0.29, 0.717) is 12.6 Å². The molecule has 27 heavy (non-hydrogen) atoms. The number of aryl methyl sites for hydroxylation is 2. The highest BCUT2D eigenvalue weighted by atomic mass is 32.1. The van der Waals surface area contributed by atoms with Gasteiger partial charge in [-0.05, 0) is 67.2 Å². The summed E-state index contributed by atoms with van der Waals surface area (Å²) in [6.07, 6.45) is 7.09. The molecule has 0 spiro atoms. The molecule has 1 N–H and O–H groups in total. The van der Waals surface area contributed by atoms with Crippen LogP contribution in [-0.2, 0) is 13.0 Å². The highest BCUT2D eigenvalue weighted by Crippen LogP contribution is 2.27. The maximum Gasteiger partial charge on any atom is 0.173 e. The molecule has 0 unspecified atom stereocenters. The lowest BCUT2D eigenvalue weighted by atomic mass is 9.94. The molecule has 0 radical (unpaired) electrons. The third-order valence-corrected chi connectivity index (χ3v) is 5.85. The number of nitrogens with zero attached hydrogens (tertiary/aromatic N) is 1. The summed E-state index contributed by atoms with van der Waals surface area (Å²) in [5.41, 5.74) is 4.71. The van der Waals surface area contributed by atoms with Crippen molar-refractivity contribution in [3.8, 4) is 0 Å². The fourth-order valence-corrected chi connectivity index (χ4v) is 4.24. The smallest absolute Gasteiger partial charge is 0.173 e. The van der Waals surface area contributed by atoms with Gasteiger partial charge < -0.3 is 10.2 Å². The normalized spacial score (nSPS) is 14.8. The predicted molar refractivity (Wildman–Crippen MR) is 116 cm³/mol. The quantitative estimate of drug-likeness (QED) is 0.615. The Labute approximate surface area is 167 Å². The molecule has 2 nitrogen and oxygen atoms in total. The van der Waals surface area contributed by atoms with Crippen LogP contribution in [0, 0.1) is 12.7 Å². The minimum absolute atomic E-state index is 0.198. The summed E-state index contributed by atoms with van der Waals surface area (Å²) >= 11 is 5.87. The van der Waals surface area contributed by atoms with Gasteiger partial charge in [0, 0.05) is 18.3 Å². The fourth-order valence-electron chi connectivity index (χ4n) is 3.93. The number of halogens is 1. The molecular weight excluding hydrogens is 355 g/mol. The molecule has 0 amide bonds. The van der Waals surface area contributed by atoms with Gasteiger partial charge in [-0.25, -0.2) is 4.39 Å². The van der Waals surface area contributed by atoms with Crippen LogP contribution < -0.4 is 5.32 Å². The molecule has 0 bridgehead atoms. The van der Waals surface area contributed by atoms with E-state index in [4.69, 9.17) is 12.2 Å². The van der Waals surface area contributed by atoms with Crippen molar-refractivity contribution in [2.75, 3.05) is 5.32 Å². The van der Waals surface area contributed by atoms with Crippen molar-refractivity contribution in [1.29, 1.82) is 0 Å². The largest absolute Gasteiger partial charge is 0.342 e. The van der Waals surface area contributed by atoms with E-state index in [1.807, 2.05) is 12.1 Å². The van der Waals surface area contributed by atoms with Gasteiger partial charge in [0.25, 0.3) is 0 Å². The molecular formula is C23H29FN2S. The van der Waals surface area contributed by atoms with E-state index in [1.165, 1.54) is 42.5 Å². The Hall–Kier alpha value is -1.94. The fraction of sp³-hybridized carbons (Fsp3) is 0.435. The van der Waals surface area contributed by atoms with Crippen LogP contribution >= 0.6 is 12.2 Å². The van der Waals surface area contributed by atoms with Gasteiger partial charge in [0.05, 0.1) is 0 Å². The van der Waals surface area contributed by atoms with Gasteiger partial charge in [-0.2, -0.15) is 0 Å². The summed E-state index contributed by atoms with van der Waals surface area (Å²) < 4.78 is 13.3. The Kier molecular flexibility index (Phi) is 6.84. The van der Waals surface area contributed by atoms with Crippen LogP contribution in [0.1, 0.15) is 55.7 Å². The molecule has 2 aromatic carbocycles. The molecule has 1 aliphatic rings. The van der Waals surface area contributed by atoms with Crippen LogP contribution in [0.2, 0.25) is 0 Å². The summed E-state index contributed by atoms with van der Waals surface area (Å²) in [5, 5.41) is 4.32. The molecule has 0 heterocycles. The maximum atomic E-state index is 13.3. The molecule has 0 atom stereocenters. The van der Waals surface area contributed by atoms with Crippen molar-refractivity contribution in [3.63, 3.8) is 0 Å². The first-order chi connectivity index (χ1) is 13.1. The molecule has 0 aliphatic heterocycles. The molecule has 0 saturated heterocycles. The monoisotopic (exact) mass is 384 g/mol. The van der Waals surface area contributed by atoms with E-state index in [9.17, 15) is 4.39 Å². The molecule has 144 valence electrons. The molecule has 3 rings (SSSR count). The Morgan fingerprint density at radius 3 is 2.48 bits per heavy atom. The van der Waals surface area contributed by atoms with Gasteiger partial charge in [-0.15, -0.1) is 0 Å². The molecule has 1 saturated carbocycles. The number of anilines is 1. The van der Waals surface area contributed by atoms with Gasteiger partial charge in [0.2, 0.25) is 0 Å². The zero-order valence-electron chi connectivity index (χ0n) is 16.3. The first-order valence-electron chi connectivity index (χ1n) is 9.99. The van der Waals surface area contributed by atoms with Crippen molar-refractivity contribution in [2.45, 2.75) is 65.0 Å². The SMILES string of the molecule is CCc1cccc(C)c1NC(=S)N(Cc1ccc(F)cc1)C1CCCCC1. The zero-order valence-corrected chi connectivity index (χ0v) is 17.1. The van der Waals surface area contributed by atoms with Crippen molar-refractivity contribution >= 4 is 23.0 Å². The van der Waals surface area contributed by atoms with Crippen LogP contribution in [0.3, 0.4) is 0 Å². The van der Waals surface area contributed by atoms with E-state index in [0.717, 1.165) is 35.6 Å². The van der Waals surface area contributed by atoms with Crippen molar-refractivity contribution in [1.82, 2.24) is 4.90 Å². The van der Waals surface area contributed by atoms with Gasteiger partial charge >= 0.3 is 0 Å². The predicted octanol–water partition coefficient (Wildman–Crippen LogP) is 6.23. The van der Waals surface area contributed by atoms with Crippen LogP contribution in [0.5, 0.6) is 0 Å². The van der Waals surface area contributed by atoms with Crippen molar-refractivity contribution in [3.05, 3.63) is 65.0 Å². The molecule has 2 aromatic rings. The van der Waals surface area contributed by atoms with Gasteiger partial charge in [-0.3, -0.25) is 0 Å². The second kappa shape index (κ2) is 9.32. The van der Waals surface area contributed by atoms with E-state index in [2.05, 4.69) is 42.3 Å². The molecule has 1 aliphatic carbocycles. The molecule has 1 fully saturated rings. The summed E-state index contributed by atoms with van der Waals surface area (Å²) in [7, 11) is 0. The minimum Gasteiger partial charge on any atom is -0.342 e. The van der Waals surface area contributed by atoms with E-state index < -0.39 is 0 Å². The van der Waals surface area contributed by atoms with Gasteiger partial charge in [0.15, 0.2) is 5.11 Å². The van der Waals surface area contributed by atoms with Crippen LogP contribution in [0.25, 0.3) is 0 Å². The van der Waals surface area contributed by atoms with E-state index in [-0.39, 0.29) is 5.82 Å². The van der Waals surface area contributed by atoms with E-state index >= 15 is 0 Å². The lowest BCUT2D eigenvalue weighted by molar-refractivity contribution is 0.240. The number of para-hydroxylation sites is 1. The third kappa shape index (κ3) is 5.07. The zero-order chi connectivity index (χ0) is 19.2. The first kappa shape index (κ1) is 19.8. The average Bonchev–Trinajstić information content (AvgIpc) is 2.69. The second-order valence-electron chi connectivity index (χ2n) is 7.44. The van der Waals surface area contributed by atoms with Crippen molar-refractivity contribution < 1.29 is 4.39 Å². The van der Waals surface area contributed by atoms with Crippen LogP contribution in [0.15, 0.2) is 42.5 Å². The Morgan fingerprint density at radius 2 is 1.81 bits per heavy atom. The molecule has 0 aromatic heterocycles. The first-order valence-corrected chi connectivity index (χ1v) is 10.4. The summed E-state index contributed by atoms with van der Waals surface area (Å²) in [6, 6.07) is 13.6. The topological polar surface area (TPSA) is 15.3 Å². The number of hydrogen-bond acceptors (Lipinski definition) is 1. The average molecular weight is 385 g/mol. The second-order valence-corrected chi connectivity index (χ2v) is 7.83. The number of nitrogens with one attached hydrogen (secondary N) is 1. The lowest BCUT2D eigenvalue weighted by Gasteiger charge is -2.37. The summed E-state index contributed by atoms with van der Waals surface area (Å²) in [5.74, 6) is -0.198. The minimum atomic E-state index is -0.198. The lowest BCUT2D eigenvalue weighted by Crippen LogP contribution is -2.43. The Balaban J connectivity index is 1.83. The van der Waals surface area contributed by atoms with Gasteiger partial charge in [-0.1, -0.05) is 56.5 Å². The summed E-state index contributed by atoms with van der Waals surface area (Å²) in [4.78, 5) is 2.31. The number of hydrogen-bond donors (Lipinski definition) is 1. The Bertz CT molecular complexity index is 766. The number of benzene rings is 2. The van der Waals surface area contributed by atoms with Crippen molar-refractivity contribution in [2.24, 2.45) is 0 Å². The van der Waals surface area contributed by atoms with E-state index in [1.54, 1.807) is 0 Å². The van der Waals surface area contributed by atoms with Crippen LogP contribution in [-0.4, -0.2) is 16.1 Å². The maximum absolute atomic E-state index is 13.3. The number of thiocarbonyl (C=S) groups is 1. The highest BCUT2D eigenvalue weighted by Gasteiger charge is 2.24. The molecule has 4 heteroatoms.